The molecule has 0 N–H and O–H groups in total. The minimum absolute atomic E-state index is 0.0971. The zero-order chi connectivity index (χ0) is 16.3. The third-order valence-electron chi connectivity index (χ3n) is 5.42. The molecule has 2 aliphatic rings. The molecule has 2 aromatic carbocycles. The van der Waals surface area contributed by atoms with Crippen LogP contribution in [-0.2, 0) is 6.54 Å². The van der Waals surface area contributed by atoms with Crippen LogP contribution < -0.4 is 15.9 Å². The minimum Gasteiger partial charge on any atom is -0.368 e. The first kappa shape index (κ1) is 14.0. The van der Waals surface area contributed by atoms with Gasteiger partial charge < -0.3 is 9.80 Å². The quantitative estimate of drug-likeness (QED) is 0.678. The van der Waals surface area contributed by atoms with E-state index in [0.29, 0.717) is 13.1 Å². The van der Waals surface area contributed by atoms with Crippen LogP contribution in [0, 0.1) is 0 Å². The van der Waals surface area contributed by atoms with Gasteiger partial charge in [0.2, 0.25) is 0 Å². The monoisotopic (exact) mass is 320 g/mol. The number of rotatable bonds is 1. The van der Waals surface area contributed by atoms with Crippen LogP contribution in [-0.4, -0.2) is 49.2 Å². The summed E-state index contributed by atoms with van der Waals surface area (Å²) in [4.78, 5) is 22.2. The summed E-state index contributed by atoms with van der Waals surface area (Å²) in [6, 6.07) is 10.5. The maximum absolute atomic E-state index is 12.8. The van der Waals surface area contributed by atoms with Crippen LogP contribution in [0.3, 0.4) is 0 Å². The molecule has 0 bridgehead atoms. The molecule has 24 heavy (non-hydrogen) atoms. The highest BCUT2D eigenvalue weighted by Gasteiger charge is 2.20. The number of hydrogen-bond acceptors (Lipinski definition) is 4. The Morgan fingerprint density at radius 1 is 0.917 bits per heavy atom. The number of likely N-dealkylation sites (N-methyl/N-ethyl adjacent to an activating group) is 1. The van der Waals surface area contributed by atoms with E-state index in [1.807, 2.05) is 16.7 Å². The van der Waals surface area contributed by atoms with Crippen molar-refractivity contribution >= 4 is 27.2 Å². The van der Waals surface area contributed by atoms with Crippen LogP contribution >= 0.6 is 0 Å². The number of aromatic nitrogens is 1. The fourth-order valence-corrected chi connectivity index (χ4v) is 4.10. The van der Waals surface area contributed by atoms with Gasteiger partial charge in [-0.05, 0) is 25.2 Å². The van der Waals surface area contributed by atoms with Gasteiger partial charge in [-0.3, -0.25) is 14.4 Å². The van der Waals surface area contributed by atoms with Gasteiger partial charge in [0.1, 0.15) is 5.49 Å². The highest BCUT2D eigenvalue weighted by atomic mass is 16.1. The number of benzene rings is 2. The van der Waals surface area contributed by atoms with Crippen molar-refractivity contribution in [1.29, 1.82) is 0 Å². The Hall–Kier alpha value is -2.40. The Labute approximate surface area is 139 Å². The van der Waals surface area contributed by atoms with E-state index in [1.54, 1.807) is 0 Å². The first-order chi connectivity index (χ1) is 11.7. The Balaban J connectivity index is 1.83. The molecule has 5 heteroatoms. The van der Waals surface area contributed by atoms with Crippen molar-refractivity contribution in [3.05, 3.63) is 46.2 Å². The maximum atomic E-state index is 12.8. The Kier molecular flexibility index (Phi) is 2.94. The molecule has 1 fully saturated rings. The van der Waals surface area contributed by atoms with Crippen molar-refractivity contribution in [2.75, 3.05) is 44.7 Å². The normalized spacial score (nSPS) is 18.3. The number of piperazine rings is 1. The standard InChI is InChI=1S/C19H20N4O/c1-21-9-11-22(12-10-21)16-6-5-14-17-13(16)3-2-4-15(17)19(24)23-8-7-20-18(14)23/h2-6H,7-12H2,1H3. The third-order valence-corrected chi connectivity index (χ3v) is 5.42. The van der Waals surface area contributed by atoms with Gasteiger partial charge >= 0.3 is 0 Å². The highest BCUT2D eigenvalue weighted by molar-refractivity contribution is 6.14. The molecular weight excluding hydrogens is 300 g/mol. The molecule has 0 aliphatic carbocycles. The second-order valence-electron chi connectivity index (χ2n) is 6.81. The van der Waals surface area contributed by atoms with E-state index in [-0.39, 0.29) is 5.56 Å². The molecule has 0 atom stereocenters. The SMILES string of the molecule is CN1CCN(c2ccc3c4n(c(=O)c5cccc2c53)CCN=4)CC1. The van der Waals surface area contributed by atoms with Crippen LogP contribution in [0.1, 0.15) is 0 Å². The predicted molar refractivity (Wildman–Crippen MR) is 97.0 cm³/mol. The number of nitrogens with zero attached hydrogens (tertiary/aromatic N) is 4. The molecule has 122 valence electrons. The summed E-state index contributed by atoms with van der Waals surface area (Å²) >= 11 is 0. The van der Waals surface area contributed by atoms with Crippen LogP contribution in [0.5, 0.6) is 0 Å². The molecule has 0 unspecified atom stereocenters. The van der Waals surface area contributed by atoms with Crippen molar-refractivity contribution in [3.63, 3.8) is 0 Å². The van der Waals surface area contributed by atoms with Crippen LogP contribution in [0.15, 0.2) is 40.1 Å². The third kappa shape index (κ3) is 1.85. The molecule has 0 amide bonds. The average molecular weight is 320 g/mol. The fraction of sp³-hybridized carbons (Fsp3) is 0.368. The number of hydrogen-bond donors (Lipinski definition) is 0. The molecular formula is C19H20N4O. The van der Waals surface area contributed by atoms with Crippen LogP contribution in [0.2, 0.25) is 0 Å². The molecule has 1 saturated heterocycles. The van der Waals surface area contributed by atoms with Crippen molar-refractivity contribution in [2.45, 2.75) is 6.54 Å². The molecule has 3 aromatic rings. The summed E-state index contributed by atoms with van der Waals surface area (Å²) in [7, 11) is 2.17. The molecule has 0 radical (unpaired) electrons. The largest absolute Gasteiger partial charge is 0.368 e. The zero-order valence-corrected chi connectivity index (χ0v) is 13.8. The van der Waals surface area contributed by atoms with E-state index >= 15 is 0 Å². The van der Waals surface area contributed by atoms with E-state index in [4.69, 9.17) is 0 Å². The average Bonchev–Trinajstić information content (AvgIpc) is 3.10. The summed E-state index contributed by atoms with van der Waals surface area (Å²) in [6.07, 6.45) is 0. The van der Waals surface area contributed by atoms with Gasteiger partial charge in [-0.1, -0.05) is 12.1 Å². The van der Waals surface area contributed by atoms with E-state index in [9.17, 15) is 4.79 Å². The van der Waals surface area contributed by atoms with E-state index in [1.165, 1.54) is 11.1 Å². The summed E-state index contributed by atoms with van der Waals surface area (Å²) in [5.74, 6) is 0. The molecule has 5 nitrogen and oxygen atoms in total. The van der Waals surface area contributed by atoms with Gasteiger partial charge in [0, 0.05) is 60.0 Å². The van der Waals surface area contributed by atoms with Crippen molar-refractivity contribution in [3.8, 4) is 0 Å². The molecule has 5 rings (SSSR count). The highest BCUT2D eigenvalue weighted by Crippen LogP contribution is 2.32. The van der Waals surface area contributed by atoms with Crippen LogP contribution in [0.25, 0.3) is 21.5 Å². The first-order valence-corrected chi connectivity index (χ1v) is 8.60. The van der Waals surface area contributed by atoms with Gasteiger partial charge in [0.05, 0.1) is 6.54 Å². The van der Waals surface area contributed by atoms with Gasteiger partial charge in [-0.2, -0.15) is 0 Å². The number of fused-ring (bicyclic) bond motifs is 2. The van der Waals surface area contributed by atoms with Crippen molar-refractivity contribution in [1.82, 2.24) is 9.47 Å². The lowest BCUT2D eigenvalue weighted by Crippen LogP contribution is -2.44. The second-order valence-corrected chi connectivity index (χ2v) is 6.81. The summed E-state index contributed by atoms with van der Waals surface area (Å²) in [6.45, 7) is 5.60. The topological polar surface area (TPSA) is 40.8 Å². The molecule has 2 aliphatic heterocycles. The lowest BCUT2D eigenvalue weighted by Gasteiger charge is -2.34. The fourth-order valence-electron chi connectivity index (χ4n) is 4.10. The summed E-state index contributed by atoms with van der Waals surface area (Å²) in [5, 5.41) is 4.18. The predicted octanol–water partition coefficient (Wildman–Crippen LogP) is 1.26. The van der Waals surface area contributed by atoms with Gasteiger partial charge in [0.15, 0.2) is 0 Å². The molecule has 0 saturated carbocycles. The summed E-state index contributed by atoms with van der Waals surface area (Å²) in [5.41, 5.74) is 2.19. The van der Waals surface area contributed by atoms with Crippen molar-refractivity contribution < 1.29 is 0 Å². The number of pyridine rings is 1. The van der Waals surface area contributed by atoms with Gasteiger partial charge in [-0.25, -0.2) is 0 Å². The number of anilines is 1. The first-order valence-electron chi connectivity index (χ1n) is 8.60. The molecule has 1 aromatic heterocycles. The molecule has 3 heterocycles. The Morgan fingerprint density at radius 3 is 2.54 bits per heavy atom. The van der Waals surface area contributed by atoms with Crippen molar-refractivity contribution in [2.24, 2.45) is 4.99 Å². The lowest BCUT2D eigenvalue weighted by atomic mass is 10.00. The minimum atomic E-state index is 0.0971. The van der Waals surface area contributed by atoms with E-state index in [2.05, 4.69) is 40.0 Å². The van der Waals surface area contributed by atoms with E-state index < -0.39 is 0 Å². The molecule has 0 spiro atoms. The second kappa shape index (κ2) is 5.05. The smallest absolute Gasteiger partial charge is 0.260 e. The Bertz CT molecular complexity index is 1060. The summed E-state index contributed by atoms with van der Waals surface area (Å²) < 4.78 is 1.83. The Morgan fingerprint density at radius 2 is 1.71 bits per heavy atom. The van der Waals surface area contributed by atoms with Gasteiger partial charge in [-0.15, -0.1) is 0 Å². The lowest BCUT2D eigenvalue weighted by molar-refractivity contribution is 0.313. The van der Waals surface area contributed by atoms with E-state index in [0.717, 1.165) is 47.8 Å². The zero-order valence-electron chi connectivity index (χ0n) is 13.8. The van der Waals surface area contributed by atoms with Gasteiger partial charge in [0.25, 0.3) is 5.56 Å². The van der Waals surface area contributed by atoms with Crippen LogP contribution in [0.4, 0.5) is 5.69 Å². The maximum Gasteiger partial charge on any atom is 0.260 e.